The zero-order valence-corrected chi connectivity index (χ0v) is 12.3. The van der Waals surface area contributed by atoms with Gasteiger partial charge in [-0.15, -0.1) is 0 Å². The van der Waals surface area contributed by atoms with Crippen LogP contribution in [0.4, 0.5) is 0 Å². The van der Waals surface area contributed by atoms with E-state index < -0.39 is 10.0 Å². The van der Waals surface area contributed by atoms with Gasteiger partial charge in [0.05, 0.1) is 6.61 Å². The van der Waals surface area contributed by atoms with Gasteiger partial charge in [-0.1, -0.05) is 0 Å². The van der Waals surface area contributed by atoms with Gasteiger partial charge in [-0.05, 0) is 28.9 Å². The number of ether oxygens (including phenoxy) is 1. The van der Waals surface area contributed by atoms with E-state index in [-0.39, 0.29) is 10.9 Å². The van der Waals surface area contributed by atoms with Crippen LogP contribution < -0.4 is 0 Å². The Morgan fingerprint density at radius 1 is 1.53 bits per heavy atom. The average Bonchev–Trinajstić information content (AvgIpc) is 2.28. The highest BCUT2D eigenvalue weighted by Gasteiger charge is 2.25. The molecule has 0 aliphatic rings. The topological polar surface area (TPSA) is 59.5 Å². The third-order valence-electron chi connectivity index (χ3n) is 2.39. The van der Waals surface area contributed by atoms with Crippen LogP contribution in [0.5, 0.6) is 0 Å². The Kier molecular flexibility index (Phi) is 5.05. The molecule has 1 atom stereocenters. The summed E-state index contributed by atoms with van der Waals surface area (Å²) in [5.74, 6) is 0. The maximum Gasteiger partial charge on any atom is 0.244 e. The van der Waals surface area contributed by atoms with Crippen LogP contribution in [0.25, 0.3) is 0 Å². The summed E-state index contributed by atoms with van der Waals surface area (Å²) in [7, 11) is -0.455. The van der Waals surface area contributed by atoms with E-state index in [1.54, 1.807) is 6.92 Å². The van der Waals surface area contributed by atoms with Crippen molar-refractivity contribution in [3.05, 3.63) is 22.9 Å². The molecule has 0 saturated heterocycles. The molecule has 1 heterocycles. The highest BCUT2D eigenvalue weighted by atomic mass is 79.9. The second-order valence-electron chi connectivity index (χ2n) is 3.66. The largest absolute Gasteiger partial charge is 0.383 e. The fraction of sp³-hybridized carbons (Fsp3) is 0.500. The first-order chi connectivity index (χ1) is 7.89. The number of aromatic nitrogens is 1. The van der Waals surface area contributed by atoms with Crippen LogP contribution in [0.3, 0.4) is 0 Å². The predicted octanol–water partition coefficient (Wildman–Crippen LogP) is 1.50. The molecule has 1 unspecified atom stereocenters. The molecular weight excluding hydrogens is 308 g/mol. The fourth-order valence-corrected chi connectivity index (χ4v) is 3.14. The summed E-state index contributed by atoms with van der Waals surface area (Å²) in [5, 5.41) is 0. The summed E-state index contributed by atoms with van der Waals surface area (Å²) in [6.45, 7) is 2.13. The monoisotopic (exact) mass is 322 g/mol. The van der Waals surface area contributed by atoms with E-state index in [4.69, 9.17) is 4.74 Å². The minimum atomic E-state index is -3.52. The SMILES string of the molecule is COCC(C)N(C)S(=O)(=O)c1cncc(Br)c1. The molecule has 5 nitrogen and oxygen atoms in total. The molecule has 0 saturated carbocycles. The van der Waals surface area contributed by atoms with Gasteiger partial charge in [-0.25, -0.2) is 8.42 Å². The summed E-state index contributed by atoms with van der Waals surface area (Å²) in [6, 6.07) is 1.29. The predicted molar refractivity (Wildman–Crippen MR) is 68.2 cm³/mol. The van der Waals surface area contributed by atoms with Gasteiger partial charge in [0, 0.05) is 37.1 Å². The number of sulfonamides is 1. The number of pyridine rings is 1. The van der Waals surface area contributed by atoms with Crippen LogP contribution in [-0.2, 0) is 14.8 Å². The third kappa shape index (κ3) is 3.48. The molecule has 1 aromatic rings. The molecule has 0 N–H and O–H groups in total. The smallest absolute Gasteiger partial charge is 0.244 e. The Morgan fingerprint density at radius 2 is 2.18 bits per heavy atom. The van der Waals surface area contributed by atoms with Crippen LogP contribution >= 0.6 is 15.9 Å². The number of methoxy groups -OCH3 is 1. The average molecular weight is 323 g/mol. The zero-order valence-electron chi connectivity index (χ0n) is 9.92. The molecular formula is C10H15BrN2O3S. The van der Waals surface area contributed by atoms with Crippen molar-refractivity contribution in [3.8, 4) is 0 Å². The Balaban J connectivity index is 3.03. The van der Waals surface area contributed by atoms with Gasteiger partial charge < -0.3 is 4.74 Å². The molecule has 1 rings (SSSR count). The Morgan fingerprint density at radius 3 is 2.71 bits per heavy atom. The number of hydrogen-bond donors (Lipinski definition) is 0. The van der Waals surface area contributed by atoms with Crippen LogP contribution in [0.1, 0.15) is 6.92 Å². The van der Waals surface area contributed by atoms with Crippen molar-refractivity contribution in [2.75, 3.05) is 20.8 Å². The maximum absolute atomic E-state index is 12.2. The molecule has 0 aliphatic heterocycles. The minimum Gasteiger partial charge on any atom is -0.383 e. The second kappa shape index (κ2) is 5.90. The van der Waals surface area contributed by atoms with Crippen molar-refractivity contribution < 1.29 is 13.2 Å². The second-order valence-corrected chi connectivity index (χ2v) is 6.58. The van der Waals surface area contributed by atoms with E-state index in [0.717, 1.165) is 0 Å². The normalized spacial score (nSPS) is 13.9. The first kappa shape index (κ1) is 14.6. The molecule has 7 heteroatoms. The molecule has 1 aromatic heterocycles. The first-order valence-corrected chi connectivity index (χ1v) is 7.20. The zero-order chi connectivity index (χ0) is 13.1. The molecule has 0 fully saturated rings. The number of likely N-dealkylation sites (N-methyl/N-ethyl adjacent to an activating group) is 1. The van der Waals surface area contributed by atoms with Gasteiger partial charge in [0.15, 0.2) is 0 Å². The summed E-state index contributed by atoms with van der Waals surface area (Å²) < 4.78 is 31.3. The maximum atomic E-state index is 12.2. The van der Waals surface area contributed by atoms with Crippen LogP contribution in [0.15, 0.2) is 27.8 Å². The van der Waals surface area contributed by atoms with Crippen LogP contribution in [0.2, 0.25) is 0 Å². The van der Waals surface area contributed by atoms with Crippen LogP contribution in [0, 0.1) is 0 Å². The molecule has 0 aliphatic carbocycles. The van der Waals surface area contributed by atoms with E-state index in [0.29, 0.717) is 11.1 Å². The molecule has 0 amide bonds. The quantitative estimate of drug-likeness (QED) is 0.824. The number of nitrogens with zero attached hydrogens (tertiary/aromatic N) is 2. The number of rotatable bonds is 5. The van der Waals surface area contributed by atoms with Crippen molar-refractivity contribution in [1.82, 2.24) is 9.29 Å². The van der Waals surface area contributed by atoms with E-state index in [9.17, 15) is 8.42 Å². The molecule has 17 heavy (non-hydrogen) atoms. The Labute approximate surface area is 110 Å². The molecule has 0 radical (unpaired) electrons. The highest BCUT2D eigenvalue weighted by Crippen LogP contribution is 2.19. The fourth-order valence-electron chi connectivity index (χ4n) is 1.28. The van der Waals surface area contributed by atoms with E-state index in [2.05, 4.69) is 20.9 Å². The van der Waals surface area contributed by atoms with E-state index in [1.807, 2.05) is 0 Å². The van der Waals surface area contributed by atoms with Crippen molar-refractivity contribution >= 4 is 26.0 Å². The van der Waals surface area contributed by atoms with Gasteiger partial charge in [0.2, 0.25) is 10.0 Å². The highest BCUT2D eigenvalue weighted by molar-refractivity contribution is 9.10. The van der Waals surface area contributed by atoms with E-state index in [1.165, 1.54) is 36.9 Å². The number of halogens is 1. The van der Waals surface area contributed by atoms with E-state index >= 15 is 0 Å². The van der Waals surface area contributed by atoms with Gasteiger partial charge in [-0.3, -0.25) is 4.98 Å². The summed E-state index contributed by atoms with van der Waals surface area (Å²) in [4.78, 5) is 4.02. The molecule has 0 spiro atoms. The summed E-state index contributed by atoms with van der Waals surface area (Å²) >= 11 is 3.20. The van der Waals surface area contributed by atoms with Crippen molar-refractivity contribution in [2.45, 2.75) is 17.9 Å². The summed E-state index contributed by atoms with van der Waals surface area (Å²) in [6.07, 6.45) is 2.87. The van der Waals surface area contributed by atoms with Crippen molar-refractivity contribution in [3.63, 3.8) is 0 Å². The lowest BCUT2D eigenvalue weighted by Gasteiger charge is -2.23. The summed E-state index contributed by atoms with van der Waals surface area (Å²) in [5.41, 5.74) is 0. The first-order valence-electron chi connectivity index (χ1n) is 4.97. The van der Waals surface area contributed by atoms with Crippen molar-refractivity contribution in [1.29, 1.82) is 0 Å². The Hall–Kier alpha value is -0.500. The molecule has 0 aromatic carbocycles. The van der Waals surface area contributed by atoms with Gasteiger partial charge in [0.25, 0.3) is 0 Å². The lowest BCUT2D eigenvalue weighted by molar-refractivity contribution is 0.149. The molecule has 0 bridgehead atoms. The third-order valence-corrected chi connectivity index (χ3v) is 4.76. The van der Waals surface area contributed by atoms with Gasteiger partial charge in [-0.2, -0.15) is 4.31 Å². The van der Waals surface area contributed by atoms with Crippen LogP contribution in [-0.4, -0.2) is 44.5 Å². The van der Waals surface area contributed by atoms with Gasteiger partial charge >= 0.3 is 0 Å². The van der Waals surface area contributed by atoms with Crippen molar-refractivity contribution in [2.24, 2.45) is 0 Å². The number of hydrogen-bond acceptors (Lipinski definition) is 4. The molecule has 96 valence electrons. The Bertz CT molecular complexity index is 478. The lowest BCUT2D eigenvalue weighted by atomic mass is 10.4. The lowest BCUT2D eigenvalue weighted by Crippen LogP contribution is -2.37. The minimum absolute atomic E-state index is 0.164. The standard InChI is InChI=1S/C10H15BrN2O3S/c1-8(7-16-3)13(2)17(14,15)10-4-9(11)5-12-6-10/h4-6,8H,7H2,1-3H3. The van der Waals surface area contributed by atoms with Gasteiger partial charge in [0.1, 0.15) is 4.90 Å².